The first-order valence-electron chi connectivity index (χ1n) is 8.88. The van der Waals surface area contributed by atoms with Crippen molar-refractivity contribution >= 4 is 23.6 Å². The third kappa shape index (κ3) is 3.92. The molecule has 1 N–H and O–H groups in total. The maximum atomic E-state index is 5.73. The van der Waals surface area contributed by atoms with Crippen LogP contribution in [0.25, 0.3) is 0 Å². The Bertz CT molecular complexity index is 961. The summed E-state index contributed by atoms with van der Waals surface area (Å²) in [5.74, 6) is 2.00. The fourth-order valence-electron chi connectivity index (χ4n) is 3.38. The van der Waals surface area contributed by atoms with Gasteiger partial charge in [-0.1, -0.05) is 0 Å². The summed E-state index contributed by atoms with van der Waals surface area (Å²) in [6.07, 6.45) is 1.10. The number of hydrogen-bond donors (Lipinski definition) is 1. The number of nitrogens with zero attached hydrogens (tertiary/aromatic N) is 2. The van der Waals surface area contributed by atoms with E-state index in [0.29, 0.717) is 23.4 Å². The van der Waals surface area contributed by atoms with Crippen molar-refractivity contribution in [1.29, 1.82) is 0 Å². The molecule has 0 fully saturated rings. The second-order valence-corrected chi connectivity index (χ2v) is 7.91. The van der Waals surface area contributed by atoms with Crippen LogP contribution in [0, 0.1) is 4.84 Å². The summed E-state index contributed by atoms with van der Waals surface area (Å²) in [5, 5.41) is 6.69. The SMILES string of the molecule is COc1ccc(OCc2nn(C[NH+]3CCc4sccc4[C@@H]3C)c(=S)o2)cc1. The number of benzene rings is 1. The molecule has 0 bridgehead atoms. The molecule has 2 aromatic heterocycles. The molecule has 1 aliphatic rings. The van der Waals surface area contributed by atoms with Crippen LogP contribution < -0.4 is 14.4 Å². The van der Waals surface area contributed by atoms with Gasteiger partial charge in [0, 0.05) is 16.9 Å². The number of thiophene rings is 1. The van der Waals surface area contributed by atoms with Crippen LogP contribution >= 0.6 is 23.6 Å². The molecule has 1 unspecified atom stereocenters. The molecule has 27 heavy (non-hydrogen) atoms. The molecule has 4 rings (SSSR count). The molecular formula is C19H22N3O3S2+. The summed E-state index contributed by atoms with van der Waals surface area (Å²) in [5.41, 5.74) is 1.44. The molecule has 142 valence electrons. The van der Waals surface area contributed by atoms with E-state index in [1.165, 1.54) is 15.3 Å². The van der Waals surface area contributed by atoms with Crippen LogP contribution in [0.4, 0.5) is 0 Å². The molecule has 0 radical (unpaired) electrons. The number of ether oxygens (including phenoxy) is 2. The zero-order chi connectivity index (χ0) is 18.8. The molecule has 2 atom stereocenters. The number of quaternary nitrogens is 1. The van der Waals surface area contributed by atoms with Gasteiger partial charge in [0.25, 0.3) is 10.7 Å². The number of methoxy groups -OCH3 is 1. The Morgan fingerprint density at radius 2 is 2.07 bits per heavy atom. The highest BCUT2D eigenvalue weighted by atomic mass is 32.1. The third-order valence-corrected chi connectivity index (χ3v) is 6.25. The monoisotopic (exact) mass is 404 g/mol. The molecular weight excluding hydrogens is 382 g/mol. The third-order valence-electron chi connectivity index (χ3n) is 4.95. The highest BCUT2D eigenvalue weighted by molar-refractivity contribution is 7.71. The Labute approximate surface area is 166 Å². The number of rotatable bonds is 6. The van der Waals surface area contributed by atoms with Gasteiger partial charge >= 0.3 is 0 Å². The summed E-state index contributed by atoms with van der Waals surface area (Å²) in [6, 6.07) is 10.1. The van der Waals surface area contributed by atoms with E-state index in [1.807, 2.05) is 35.6 Å². The molecule has 0 spiro atoms. The summed E-state index contributed by atoms with van der Waals surface area (Å²) in [7, 11) is 1.64. The molecule has 0 aliphatic carbocycles. The van der Waals surface area contributed by atoms with Gasteiger partial charge in [0.05, 0.1) is 13.7 Å². The van der Waals surface area contributed by atoms with Gasteiger partial charge in [-0.05, 0) is 54.9 Å². The lowest BCUT2D eigenvalue weighted by molar-refractivity contribution is -0.954. The Balaban J connectivity index is 1.40. The largest absolute Gasteiger partial charge is 0.497 e. The first kappa shape index (κ1) is 18.2. The smallest absolute Gasteiger partial charge is 0.291 e. The minimum atomic E-state index is 0.239. The first-order valence-corrected chi connectivity index (χ1v) is 10.2. The van der Waals surface area contributed by atoms with Gasteiger partial charge in [-0.2, -0.15) is 4.68 Å². The van der Waals surface area contributed by atoms with Gasteiger partial charge in [0.15, 0.2) is 13.3 Å². The molecule has 1 aliphatic heterocycles. The van der Waals surface area contributed by atoms with Gasteiger partial charge in [-0.15, -0.1) is 16.4 Å². The normalized spacial score (nSPS) is 18.9. The van der Waals surface area contributed by atoms with Crippen molar-refractivity contribution in [1.82, 2.24) is 9.78 Å². The topological polar surface area (TPSA) is 53.9 Å². The van der Waals surface area contributed by atoms with E-state index in [9.17, 15) is 0 Å². The molecule has 8 heteroatoms. The second-order valence-electron chi connectivity index (χ2n) is 6.56. The molecule has 3 aromatic rings. The summed E-state index contributed by atoms with van der Waals surface area (Å²) in [6.45, 7) is 4.27. The van der Waals surface area contributed by atoms with Crippen molar-refractivity contribution in [3.05, 3.63) is 56.9 Å². The van der Waals surface area contributed by atoms with Gasteiger partial charge in [-0.3, -0.25) is 0 Å². The molecule has 0 saturated heterocycles. The second kappa shape index (κ2) is 7.84. The van der Waals surface area contributed by atoms with Gasteiger partial charge in [0.1, 0.15) is 17.5 Å². The molecule has 6 nitrogen and oxygen atoms in total. The highest BCUT2D eigenvalue weighted by Gasteiger charge is 2.29. The Morgan fingerprint density at radius 3 is 2.85 bits per heavy atom. The van der Waals surface area contributed by atoms with Crippen LogP contribution in [0.15, 0.2) is 40.1 Å². The van der Waals surface area contributed by atoms with Gasteiger partial charge in [-0.25, -0.2) is 0 Å². The number of fused-ring (bicyclic) bond motifs is 1. The van der Waals surface area contributed by atoms with E-state index in [2.05, 4.69) is 23.5 Å². The lowest BCUT2D eigenvalue weighted by atomic mass is 10.0. The average Bonchev–Trinajstić information content (AvgIpc) is 3.30. The van der Waals surface area contributed by atoms with Crippen molar-refractivity contribution in [2.75, 3.05) is 13.7 Å². The molecule has 0 amide bonds. The van der Waals surface area contributed by atoms with E-state index in [4.69, 9.17) is 26.1 Å². The maximum absolute atomic E-state index is 5.73. The number of aromatic nitrogens is 2. The van der Waals surface area contributed by atoms with Crippen molar-refractivity contribution in [3.8, 4) is 11.5 Å². The van der Waals surface area contributed by atoms with Crippen molar-refractivity contribution in [3.63, 3.8) is 0 Å². The molecule has 0 saturated carbocycles. The van der Waals surface area contributed by atoms with Crippen LogP contribution in [0.3, 0.4) is 0 Å². The predicted molar refractivity (Wildman–Crippen MR) is 105 cm³/mol. The fraction of sp³-hybridized carbons (Fsp3) is 0.368. The standard InChI is InChI=1S/C19H21N3O3S2/c1-13-16-8-10-27-17(16)7-9-21(13)12-22-19(26)25-18(20-22)11-24-15-5-3-14(23-2)4-6-15/h3-6,8,10,13H,7,9,11-12H2,1-2H3/p+1/t13-/m0/s1. The predicted octanol–water partition coefficient (Wildman–Crippen LogP) is 3.01. The summed E-state index contributed by atoms with van der Waals surface area (Å²) < 4.78 is 18.3. The zero-order valence-electron chi connectivity index (χ0n) is 15.3. The zero-order valence-corrected chi connectivity index (χ0v) is 16.9. The van der Waals surface area contributed by atoms with Gasteiger partial charge in [0.2, 0.25) is 0 Å². The van der Waals surface area contributed by atoms with Crippen LogP contribution in [-0.4, -0.2) is 23.4 Å². The van der Waals surface area contributed by atoms with E-state index < -0.39 is 0 Å². The van der Waals surface area contributed by atoms with E-state index in [1.54, 1.807) is 11.8 Å². The van der Waals surface area contributed by atoms with Crippen molar-refractivity contribution in [2.45, 2.75) is 32.7 Å². The Hall–Kier alpha value is -2.16. The van der Waals surface area contributed by atoms with Crippen LogP contribution in [0.2, 0.25) is 0 Å². The minimum Gasteiger partial charge on any atom is -0.497 e. The van der Waals surface area contributed by atoms with Crippen molar-refractivity contribution < 1.29 is 18.8 Å². The van der Waals surface area contributed by atoms with Crippen LogP contribution in [0.5, 0.6) is 11.5 Å². The highest BCUT2D eigenvalue weighted by Crippen LogP contribution is 2.24. The average molecular weight is 405 g/mol. The number of nitrogens with one attached hydrogen (secondary N) is 1. The van der Waals surface area contributed by atoms with E-state index >= 15 is 0 Å². The fourth-order valence-corrected chi connectivity index (χ4v) is 4.56. The molecule has 1 aromatic carbocycles. The van der Waals surface area contributed by atoms with Crippen LogP contribution in [0.1, 0.15) is 29.3 Å². The minimum absolute atomic E-state index is 0.239. The lowest BCUT2D eigenvalue weighted by Gasteiger charge is -2.29. The van der Waals surface area contributed by atoms with E-state index in [-0.39, 0.29) is 6.61 Å². The Kier molecular flexibility index (Phi) is 5.29. The van der Waals surface area contributed by atoms with Crippen molar-refractivity contribution in [2.24, 2.45) is 0 Å². The quantitative estimate of drug-likeness (QED) is 0.640. The van der Waals surface area contributed by atoms with Crippen LogP contribution in [-0.2, 0) is 19.7 Å². The maximum Gasteiger partial charge on any atom is 0.291 e. The van der Waals surface area contributed by atoms with E-state index in [0.717, 1.165) is 24.5 Å². The Morgan fingerprint density at radius 1 is 1.30 bits per heavy atom. The summed E-state index contributed by atoms with van der Waals surface area (Å²) >= 11 is 7.21. The van der Waals surface area contributed by atoms with Gasteiger partial charge < -0.3 is 18.8 Å². The number of hydrogen-bond acceptors (Lipinski definition) is 6. The summed E-state index contributed by atoms with van der Waals surface area (Å²) in [4.78, 5) is 3.33. The first-order chi connectivity index (χ1) is 13.1. The lowest BCUT2D eigenvalue weighted by Crippen LogP contribution is -3.12. The molecule has 3 heterocycles.